The van der Waals surface area contributed by atoms with Gasteiger partial charge < -0.3 is 4.74 Å². The Hall–Kier alpha value is -1.38. The summed E-state index contributed by atoms with van der Waals surface area (Å²) in [4.78, 5) is 0. The fourth-order valence-corrected chi connectivity index (χ4v) is 2.20. The number of hydrogen-bond donors (Lipinski definition) is 0. The minimum absolute atomic E-state index is 0.0788. The number of halogens is 3. The van der Waals surface area contributed by atoms with Crippen LogP contribution in [0.1, 0.15) is 11.1 Å². The van der Waals surface area contributed by atoms with Crippen molar-refractivity contribution in [3.63, 3.8) is 0 Å². The van der Waals surface area contributed by atoms with E-state index in [0.29, 0.717) is 21.3 Å². The monoisotopic (exact) mass is 383 g/mol. The minimum atomic E-state index is -0.343. The van der Waals surface area contributed by atoms with Crippen molar-refractivity contribution < 1.29 is 9.13 Å². The molecule has 96 valence electrons. The average Bonchev–Trinajstić information content (AvgIpc) is 2.39. The molecule has 0 fully saturated rings. The second kappa shape index (κ2) is 6.18. The SMILES string of the molecule is N#Cc1cc(Br)ccc1OCc1ccc(Br)cc1F. The lowest BCUT2D eigenvalue weighted by atomic mass is 10.2. The van der Waals surface area contributed by atoms with E-state index in [0.717, 1.165) is 4.47 Å². The predicted octanol–water partition coefficient (Wildman–Crippen LogP) is 4.80. The molecule has 0 saturated carbocycles. The van der Waals surface area contributed by atoms with Gasteiger partial charge in [-0.3, -0.25) is 0 Å². The van der Waals surface area contributed by atoms with Crippen LogP contribution in [0.2, 0.25) is 0 Å². The topological polar surface area (TPSA) is 33.0 Å². The Labute approximate surface area is 127 Å². The van der Waals surface area contributed by atoms with Gasteiger partial charge in [-0.2, -0.15) is 5.26 Å². The van der Waals surface area contributed by atoms with E-state index in [1.165, 1.54) is 6.07 Å². The molecule has 2 rings (SSSR count). The van der Waals surface area contributed by atoms with Crippen molar-refractivity contribution >= 4 is 31.9 Å². The molecule has 0 aromatic heterocycles. The zero-order valence-electron chi connectivity index (χ0n) is 9.66. The minimum Gasteiger partial charge on any atom is -0.487 e. The van der Waals surface area contributed by atoms with Crippen molar-refractivity contribution in [3.05, 3.63) is 62.3 Å². The first-order valence-electron chi connectivity index (χ1n) is 5.36. The largest absolute Gasteiger partial charge is 0.487 e. The Balaban J connectivity index is 2.17. The van der Waals surface area contributed by atoms with Crippen molar-refractivity contribution in [2.45, 2.75) is 6.61 Å². The number of benzene rings is 2. The van der Waals surface area contributed by atoms with Crippen LogP contribution in [-0.4, -0.2) is 0 Å². The van der Waals surface area contributed by atoms with Gasteiger partial charge in [0.2, 0.25) is 0 Å². The van der Waals surface area contributed by atoms with Gasteiger partial charge in [0.1, 0.15) is 24.2 Å². The Kier molecular flexibility index (Phi) is 4.56. The maximum Gasteiger partial charge on any atom is 0.137 e. The number of ether oxygens (including phenoxy) is 1. The van der Waals surface area contributed by atoms with Crippen LogP contribution in [0.5, 0.6) is 5.75 Å². The van der Waals surface area contributed by atoms with Crippen LogP contribution in [-0.2, 0) is 6.61 Å². The second-order valence-electron chi connectivity index (χ2n) is 3.78. The summed E-state index contributed by atoms with van der Waals surface area (Å²) in [6.45, 7) is 0.0788. The van der Waals surface area contributed by atoms with Crippen molar-refractivity contribution in [1.82, 2.24) is 0 Å². The Morgan fingerprint density at radius 2 is 1.79 bits per heavy atom. The smallest absolute Gasteiger partial charge is 0.137 e. The van der Waals surface area contributed by atoms with Crippen LogP contribution >= 0.6 is 31.9 Å². The van der Waals surface area contributed by atoms with Crippen molar-refractivity contribution in [1.29, 1.82) is 5.26 Å². The van der Waals surface area contributed by atoms with Crippen LogP contribution in [0.4, 0.5) is 4.39 Å². The van der Waals surface area contributed by atoms with Crippen molar-refractivity contribution in [2.75, 3.05) is 0 Å². The molecule has 0 heterocycles. The maximum atomic E-state index is 13.6. The normalized spacial score (nSPS) is 10.0. The van der Waals surface area contributed by atoms with E-state index in [2.05, 4.69) is 31.9 Å². The second-order valence-corrected chi connectivity index (χ2v) is 5.61. The third kappa shape index (κ3) is 3.55. The quantitative estimate of drug-likeness (QED) is 0.761. The number of rotatable bonds is 3. The molecular formula is C14H8Br2FNO. The summed E-state index contributed by atoms with van der Waals surface area (Å²) in [7, 11) is 0. The molecule has 2 aromatic carbocycles. The summed E-state index contributed by atoms with van der Waals surface area (Å²) in [5, 5.41) is 9.00. The molecule has 0 saturated heterocycles. The van der Waals surface area contributed by atoms with E-state index in [1.54, 1.807) is 30.3 Å². The summed E-state index contributed by atoms with van der Waals surface area (Å²) in [6.07, 6.45) is 0. The van der Waals surface area contributed by atoms with Crippen LogP contribution < -0.4 is 4.74 Å². The molecule has 0 aliphatic carbocycles. The summed E-state index contributed by atoms with van der Waals surface area (Å²) in [6, 6.07) is 11.9. The lowest BCUT2D eigenvalue weighted by Gasteiger charge is -2.09. The predicted molar refractivity (Wildman–Crippen MR) is 77.3 cm³/mol. The van der Waals surface area contributed by atoms with Crippen LogP contribution in [0.25, 0.3) is 0 Å². The van der Waals surface area contributed by atoms with Gasteiger partial charge in [0.15, 0.2) is 0 Å². The molecule has 0 unspecified atom stereocenters. The summed E-state index contributed by atoms with van der Waals surface area (Å²) >= 11 is 6.47. The van der Waals surface area contributed by atoms with Gasteiger partial charge >= 0.3 is 0 Å². The molecule has 0 aliphatic heterocycles. The molecule has 0 spiro atoms. The highest BCUT2D eigenvalue weighted by Gasteiger charge is 2.07. The first-order valence-corrected chi connectivity index (χ1v) is 6.95. The zero-order chi connectivity index (χ0) is 13.8. The summed E-state index contributed by atoms with van der Waals surface area (Å²) in [5.74, 6) is 0.0954. The van der Waals surface area contributed by atoms with Gasteiger partial charge in [-0.1, -0.05) is 37.9 Å². The van der Waals surface area contributed by atoms with Gasteiger partial charge in [-0.15, -0.1) is 0 Å². The van der Waals surface area contributed by atoms with Crippen LogP contribution in [0, 0.1) is 17.1 Å². The van der Waals surface area contributed by atoms with Gasteiger partial charge in [0, 0.05) is 14.5 Å². The standard InChI is InChI=1S/C14H8Br2FNO/c15-11-3-4-14(10(5-11)7-18)19-8-9-1-2-12(16)6-13(9)17/h1-6H,8H2. The Morgan fingerprint density at radius 1 is 1.11 bits per heavy atom. The first-order chi connectivity index (χ1) is 9.10. The molecule has 0 amide bonds. The summed E-state index contributed by atoms with van der Waals surface area (Å²) < 4.78 is 20.6. The number of hydrogen-bond acceptors (Lipinski definition) is 2. The lowest BCUT2D eigenvalue weighted by molar-refractivity contribution is 0.299. The van der Waals surface area contributed by atoms with Crippen LogP contribution in [0.15, 0.2) is 45.3 Å². The molecule has 0 aliphatic rings. The lowest BCUT2D eigenvalue weighted by Crippen LogP contribution is -2.00. The third-order valence-corrected chi connectivity index (χ3v) is 3.45. The third-order valence-electron chi connectivity index (χ3n) is 2.46. The molecule has 5 heteroatoms. The molecule has 2 aromatic rings. The maximum absolute atomic E-state index is 13.6. The fraction of sp³-hybridized carbons (Fsp3) is 0.0714. The fourth-order valence-electron chi connectivity index (χ4n) is 1.51. The highest BCUT2D eigenvalue weighted by atomic mass is 79.9. The van der Waals surface area contributed by atoms with Gasteiger partial charge in [0.25, 0.3) is 0 Å². The summed E-state index contributed by atoms with van der Waals surface area (Å²) in [5.41, 5.74) is 0.849. The van der Waals surface area contributed by atoms with Crippen LogP contribution in [0.3, 0.4) is 0 Å². The van der Waals surface area contributed by atoms with Crippen molar-refractivity contribution in [3.8, 4) is 11.8 Å². The zero-order valence-corrected chi connectivity index (χ0v) is 12.8. The first kappa shape index (κ1) is 14.0. The molecule has 2 nitrogen and oxygen atoms in total. The average molecular weight is 385 g/mol. The van der Waals surface area contributed by atoms with Gasteiger partial charge in [-0.25, -0.2) is 4.39 Å². The van der Waals surface area contributed by atoms with E-state index in [1.807, 2.05) is 6.07 Å². The van der Waals surface area contributed by atoms with E-state index >= 15 is 0 Å². The molecule has 0 radical (unpaired) electrons. The Morgan fingerprint density at radius 3 is 2.47 bits per heavy atom. The Bertz CT molecular complexity index is 652. The van der Waals surface area contributed by atoms with E-state index in [9.17, 15) is 4.39 Å². The highest BCUT2D eigenvalue weighted by molar-refractivity contribution is 9.10. The van der Waals surface area contributed by atoms with Gasteiger partial charge in [-0.05, 0) is 30.3 Å². The van der Waals surface area contributed by atoms with E-state index in [4.69, 9.17) is 10.00 Å². The molecule has 0 bridgehead atoms. The van der Waals surface area contributed by atoms with Crippen molar-refractivity contribution in [2.24, 2.45) is 0 Å². The van der Waals surface area contributed by atoms with E-state index in [-0.39, 0.29) is 12.4 Å². The van der Waals surface area contributed by atoms with Gasteiger partial charge in [0.05, 0.1) is 5.56 Å². The molecular weight excluding hydrogens is 377 g/mol. The number of nitriles is 1. The molecule has 0 atom stereocenters. The van der Waals surface area contributed by atoms with E-state index < -0.39 is 0 Å². The highest BCUT2D eigenvalue weighted by Crippen LogP contribution is 2.24. The molecule has 0 N–H and O–H groups in total. The number of nitrogens with zero attached hydrogens (tertiary/aromatic N) is 1. The molecule has 19 heavy (non-hydrogen) atoms.